The van der Waals surface area contributed by atoms with Gasteiger partial charge in [-0.05, 0) is 43.5 Å². The van der Waals surface area contributed by atoms with Gasteiger partial charge in [-0.1, -0.05) is 38.3 Å². The van der Waals surface area contributed by atoms with Crippen molar-refractivity contribution in [2.24, 2.45) is 0 Å². The van der Waals surface area contributed by atoms with Crippen LogP contribution >= 0.6 is 11.3 Å². The van der Waals surface area contributed by atoms with E-state index in [9.17, 15) is 4.79 Å². The van der Waals surface area contributed by atoms with Gasteiger partial charge in [0, 0.05) is 22.9 Å². The first-order chi connectivity index (χ1) is 11.8. The van der Waals surface area contributed by atoms with E-state index >= 15 is 0 Å². The number of carbonyl (C=O) groups is 1. The number of hydrogen-bond acceptors (Lipinski definition) is 3. The maximum absolute atomic E-state index is 13.3. The van der Waals surface area contributed by atoms with Crippen LogP contribution in [-0.2, 0) is 6.42 Å². The molecule has 24 heavy (non-hydrogen) atoms. The number of rotatable bonds is 3. The number of benzene rings is 1. The van der Waals surface area contributed by atoms with Crippen LogP contribution in [0.15, 0.2) is 36.4 Å². The zero-order valence-electron chi connectivity index (χ0n) is 14.1. The fourth-order valence-corrected chi connectivity index (χ4v) is 4.95. The fourth-order valence-electron chi connectivity index (χ4n) is 3.94. The van der Waals surface area contributed by atoms with Gasteiger partial charge in [0.15, 0.2) is 0 Å². The molecule has 2 heterocycles. The number of para-hydroxylation sites is 1. The van der Waals surface area contributed by atoms with Gasteiger partial charge in [-0.2, -0.15) is 0 Å². The van der Waals surface area contributed by atoms with E-state index in [1.807, 2.05) is 35.6 Å². The van der Waals surface area contributed by atoms with Crippen molar-refractivity contribution in [1.82, 2.24) is 4.90 Å². The summed E-state index contributed by atoms with van der Waals surface area (Å²) in [5, 5.41) is 3.64. The molecular weight excluding hydrogens is 316 g/mol. The highest BCUT2D eigenvalue weighted by Gasteiger charge is 2.38. The van der Waals surface area contributed by atoms with Crippen LogP contribution in [0.1, 0.15) is 66.7 Å². The van der Waals surface area contributed by atoms with Gasteiger partial charge in [-0.3, -0.25) is 4.79 Å². The van der Waals surface area contributed by atoms with Crippen molar-refractivity contribution in [3.8, 4) is 0 Å². The number of amides is 1. The minimum absolute atomic E-state index is 0. The molecule has 1 aliphatic carbocycles. The molecule has 4 rings (SSSR count). The van der Waals surface area contributed by atoms with Crippen molar-refractivity contribution in [3.63, 3.8) is 0 Å². The lowest BCUT2D eigenvalue weighted by molar-refractivity contribution is 0.0528. The summed E-state index contributed by atoms with van der Waals surface area (Å²) < 4.78 is 0. The van der Waals surface area contributed by atoms with Gasteiger partial charge in [0.2, 0.25) is 0 Å². The number of aryl methyl sites for hydroxylation is 1. The van der Waals surface area contributed by atoms with E-state index in [4.69, 9.17) is 0 Å². The molecule has 4 heteroatoms. The summed E-state index contributed by atoms with van der Waals surface area (Å²) in [5.74, 6) is 0.188. The Hall–Kier alpha value is -1.81. The Morgan fingerprint density at radius 1 is 1.17 bits per heavy atom. The van der Waals surface area contributed by atoms with Crippen LogP contribution in [-0.4, -0.2) is 16.8 Å². The minimum Gasteiger partial charge on any atom is -0.360 e. The molecule has 1 aromatic carbocycles. The topological polar surface area (TPSA) is 32.3 Å². The normalized spacial score (nSPS) is 21.5. The third-order valence-corrected chi connectivity index (χ3v) is 6.51. The number of carbonyl (C=O) groups excluding carboxylic acids is 1. The van der Waals surface area contributed by atoms with E-state index in [1.54, 1.807) is 0 Å². The summed E-state index contributed by atoms with van der Waals surface area (Å²) in [4.78, 5) is 18.0. The van der Waals surface area contributed by atoms with E-state index < -0.39 is 0 Å². The van der Waals surface area contributed by atoms with Gasteiger partial charge < -0.3 is 10.2 Å². The minimum atomic E-state index is -0.0270. The summed E-state index contributed by atoms with van der Waals surface area (Å²) in [6, 6.07) is 12.7. The van der Waals surface area contributed by atoms with Gasteiger partial charge in [-0.25, -0.2) is 0 Å². The van der Waals surface area contributed by atoms with Crippen molar-refractivity contribution < 1.29 is 6.22 Å². The molecule has 1 aromatic heterocycles. The summed E-state index contributed by atoms with van der Waals surface area (Å²) in [7, 11) is 0. The first kappa shape index (κ1) is 15.7. The molecule has 1 atom stereocenters. The molecule has 0 radical (unpaired) electrons. The van der Waals surface area contributed by atoms with E-state index in [0.717, 1.165) is 30.5 Å². The van der Waals surface area contributed by atoms with Crippen molar-refractivity contribution >= 4 is 22.9 Å². The lowest BCUT2D eigenvalue weighted by Gasteiger charge is -2.43. The van der Waals surface area contributed by atoms with Crippen molar-refractivity contribution in [3.05, 3.63) is 51.7 Å². The van der Waals surface area contributed by atoms with E-state index in [-0.39, 0.29) is 13.5 Å². The number of thiophene rings is 1. The zero-order chi connectivity index (χ0) is 16.5. The van der Waals surface area contributed by atoms with Crippen molar-refractivity contribution in [2.45, 2.75) is 57.7 Å². The predicted molar refractivity (Wildman–Crippen MR) is 102 cm³/mol. The quantitative estimate of drug-likeness (QED) is 0.804. The highest BCUT2D eigenvalue weighted by molar-refractivity contribution is 7.12. The SMILES string of the molecule is CCc1ccc(C2Nc3ccccc3C(=O)N2C2CCCCC2)s1.[HH]. The zero-order valence-corrected chi connectivity index (χ0v) is 14.9. The molecule has 1 N–H and O–H groups in total. The van der Waals surface area contributed by atoms with Crippen molar-refractivity contribution in [1.29, 1.82) is 0 Å². The monoisotopic (exact) mass is 342 g/mol. The van der Waals surface area contributed by atoms with Crippen LogP contribution in [0.2, 0.25) is 0 Å². The first-order valence-electron chi connectivity index (χ1n) is 9.04. The number of fused-ring (bicyclic) bond motifs is 1. The summed E-state index contributed by atoms with van der Waals surface area (Å²) >= 11 is 1.83. The second-order valence-corrected chi connectivity index (χ2v) is 7.95. The van der Waals surface area contributed by atoms with Gasteiger partial charge >= 0.3 is 0 Å². The molecule has 128 valence electrons. The molecule has 1 saturated carbocycles. The average Bonchev–Trinajstić information content (AvgIpc) is 3.11. The Morgan fingerprint density at radius 3 is 2.71 bits per heavy atom. The molecule has 0 saturated heterocycles. The molecular formula is C20H26N2OS. The lowest BCUT2D eigenvalue weighted by atomic mass is 9.92. The second-order valence-electron chi connectivity index (χ2n) is 6.75. The standard InChI is InChI=1S/C20H24N2OS.H2/c1-2-15-12-13-18(24-15)19-21-17-11-7-6-10-16(17)20(23)22(19)14-8-4-3-5-9-14;/h6-7,10-14,19,21H,2-5,8-9H2,1H3;1H. The molecule has 1 aliphatic heterocycles. The van der Waals surface area contributed by atoms with Crippen LogP contribution in [0.5, 0.6) is 0 Å². The highest BCUT2D eigenvalue weighted by Crippen LogP contribution is 2.39. The Labute approximate surface area is 149 Å². The Morgan fingerprint density at radius 2 is 1.96 bits per heavy atom. The maximum atomic E-state index is 13.3. The van der Waals surface area contributed by atoms with Gasteiger partial charge in [0.1, 0.15) is 6.17 Å². The number of nitrogens with one attached hydrogen (secondary N) is 1. The lowest BCUT2D eigenvalue weighted by Crippen LogP contribution is -2.49. The molecule has 0 spiro atoms. The highest BCUT2D eigenvalue weighted by atomic mass is 32.1. The molecule has 1 amide bonds. The van der Waals surface area contributed by atoms with Gasteiger partial charge in [-0.15, -0.1) is 11.3 Å². The first-order valence-corrected chi connectivity index (χ1v) is 9.86. The summed E-state index contributed by atoms with van der Waals surface area (Å²) in [5.41, 5.74) is 1.78. The van der Waals surface area contributed by atoms with Crippen LogP contribution in [0, 0.1) is 0 Å². The Kier molecular flexibility index (Phi) is 4.31. The Balaban J connectivity index is 0.00000182. The summed E-state index contributed by atoms with van der Waals surface area (Å²) in [6.07, 6.45) is 7.02. The van der Waals surface area contributed by atoms with E-state index in [0.29, 0.717) is 6.04 Å². The fraction of sp³-hybridized carbons (Fsp3) is 0.450. The van der Waals surface area contributed by atoms with Crippen LogP contribution in [0.25, 0.3) is 0 Å². The molecule has 0 bridgehead atoms. The average molecular weight is 343 g/mol. The number of anilines is 1. The number of nitrogens with zero attached hydrogens (tertiary/aromatic N) is 1. The predicted octanol–water partition coefficient (Wildman–Crippen LogP) is 5.46. The van der Waals surface area contributed by atoms with E-state index in [1.165, 1.54) is 29.0 Å². The molecule has 3 nitrogen and oxygen atoms in total. The van der Waals surface area contributed by atoms with Crippen molar-refractivity contribution in [2.75, 3.05) is 5.32 Å². The second kappa shape index (κ2) is 6.60. The van der Waals surface area contributed by atoms with Crippen LogP contribution in [0.4, 0.5) is 5.69 Å². The smallest absolute Gasteiger partial charge is 0.258 e. The Bertz CT molecular complexity index is 739. The maximum Gasteiger partial charge on any atom is 0.258 e. The summed E-state index contributed by atoms with van der Waals surface area (Å²) in [6.45, 7) is 2.18. The van der Waals surface area contributed by atoms with Gasteiger partial charge in [0.05, 0.1) is 5.56 Å². The van der Waals surface area contributed by atoms with Crippen LogP contribution in [0.3, 0.4) is 0 Å². The molecule has 1 unspecified atom stereocenters. The van der Waals surface area contributed by atoms with Gasteiger partial charge in [0.25, 0.3) is 5.91 Å². The molecule has 2 aliphatic rings. The number of hydrogen-bond donors (Lipinski definition) is 1. The van der Waals surface area contributed by atoms with E-state index in [2.05, 4.69) is 29.3 Å². The molecule has 2 aromatic rings. The third kappa shape index (κ3) is 2.73. The van der Waals surface area contributed by atoms with Crippen LogP contribution < -0.4 is 5.32 Å². The third-order valence-electron chi connectivity index (χ3n) is 5.23. The molecule has 1 fully saturated rings. The largest absolute Gasteiger partial charge is 0.360 e.